The number of aromatic nitrogens is 2. The average molecular weight is 332 g/mol. The van der Waals surface area contributed by atoms with Crippen molar-refractivity contribution in [3.63, 3.8) is 0 Å². The lowest BCUT2D eigenvalue weighted by Gasteiger charge is -2.02. The zero-order valence-electron chi connectivity index (χ0n) is 13.3. The van der Waals surface area contributed by atoms with Crippen molar-refractivity contribution in [3.8, 4) is 24.0 Å². The van der Waals surface area contributed by atoms with Gasteiger partial charge in [-0.05, 0) is 12.8 Å². The standard InChI is InChI=1S/C14H16N6O4/c1-21-11-9(7-15)19-13(23-11)17-5-3-4-6-18-14-20-10(8-16)12(22-2)24-14/h3-6H2,1-2H3,(H,17,19)(H,18,20). The molecule has 2 aromatic heterocycles. The van der Waals surface area contributed by atoms with Crippen LogP contribution in [-0.2, 0) is 0 Å². The van der Waals surface area contributed by atoms with Crippen LogP contribution in [0.4, 0.5) is 12.0 Å². The van der Waals surface area contributed by atoms with Gasteiger partial charge in [0.05, 0.1) is 14.2 Å². The van der Waals surface area contributed by atoms with E-state index in [0.717, 1.165) is 12.8 Å². The number of oxazole rings is 2. The van der Waals surface area contributed by atoms with Crippen LogP contribution >= 0.6 is 0 Å². The maximum atomic E-state index is 8.84. The van der Waals surface area contributed by atoms with Crippen molar-refractivity contribution in [1.82, 2.24) is 9.97 Å². The molecule has 0 aliphatic heterocycles. The summed E-state index contributed by atoms with van der Waals surface area (Å²) in [6.45, 7) is 1.21. The Morgan fingerprint density at radius 3 is 1.58 bits per heavy atom. The molecule has 0 spiro atoms. The van der Waals surface area contributed by atoms with E-state index in [2.05, 4.69) is 20.6 Å². The Labute approximate surface area is 138 Å². The van der Waals surface area contributed by atoms with E-state index < -0.39 is 0 Å². The molecule has 0 amide bonds. The van der Waals surface area contributed by atoms with E-state index in [4.69, 9.17) is 28.8 Å². The van der Waals surface area contributed by atoms with Gasteiger partial charge in [0, 0.05) is 13.1 Å². The van der Waals surface area contributed by atoms with Crippen LogP contribution in [0.2, 0.25) is 0 Å². The molecule has 10 nitrogen and oxygen atoms in total. The molecule has 0 unspecified atom stereocenters. The molecule has 0 saturated heterocycles. The molecule has 24 heavy (non-hydrogen) atoms. The van der Waals surface area contributed by atoms with Crippen molar-refractivity contribution in [2.75, 3.05) is 37.9 Å². The third-order valence-corrected chi connectivity index (χ3v) is 2.93. The molecule has 0 bridgehead atoms. The first-order chi connectivity index (χ1) is 11.7. The predicted molar refractivity (Wildman–Crippen MR) is 81.8 cm³/mol. The van der Waals surface area contributed by atoms with Crippen LogP contribution in [0.3, 0.4) is 0 Å². The topological polar surface area (TPSA) is 142 Å². The van der Waals surface area contributed by atoms with Crippen LogP contribution in [0.25, 0.3) is 0 Å². The molecule has 0 fully saturated rings. The normalized spacial score (nSPS) is 9.83. The Balaban J connectivity index is 1.69. The Morgan fingerprint density at radius 2 is 1.29 bits per heavy atom. The maximum Gasteiger partial charge on any atom is 0.325 e. The SMILES string of the molecule is COc1oc(NCCCCNc2nc(C#N)c(OC)o2)nc1C#N. The molecule has 0 aliphatic carbocycles. The number of nitrogens with zero attached hydrogens (tertiary/aromatic N) is 4. The molecule has 0 aliphatic rings. The number of nitriles is 2. The second kappa shape index (κ2) is 8.29. The Morgan fingerprint density at radius 1 is 0.875 bits per heavy atom. The average Bonchev–Trinajstić information content (AvgIpc) is 3.20. The summed E-state index contributed by atoms with van der Waals surface area (Å²) < 4.78 is 20.2. The van der Waals surface area contributed by atoms with E-state index in [0.29, 0.717) is 13.1 Å². The fourth-order valence-corrected chi connectivity index (χ4v) is 1.82. The number of anilines is 2. The molecular weight excluding hydrogens is 316 g/mol. The van der Waals surface area contributed by atoms with Crippen molar-refractivity contribution in [1.29, 1.82) is 10.5 Å². The van der Waals surface area contributed by atoms with Crippen LogP contribution in [0.15, 0.2) is 8.83 Å². The van der Waals surface area contributed by atoms with Gasteiger partial charge in [-0.1, -0.05) is 0 Å². The third-order valence-electron chi connectivity index (χ3n) is 2.93. The van der Waals surface area contributed by atoms with Crippen LogP contribution in [0.1, 0.15) is 24.2 Å². The second-order valence-corrected chi connectivity index (χ2v) is 4.50. The maximum absolute atomic E-state index is 8.84. The van der Waals surface area contributed by atoms with Crippen molar-refractivity contribution in [3.05, 3.63) is 11.4 Å². The van der Waals surface area contributed by atoms with Gasteiger partial charge in [-0.3, -0.25) is 0 Å². The first-order valence-electron chi connectivity index (χ1n) is 7.09. The highest BCUT2D eigenvalue weighted by atomic mass is 16.6. The molecule has 2 heterocycles. The summed E-state index contributed by atoms with van der Waals surface area (Å²) >= 11 is 0. The van der Waals surface area contributed by atoms with Crippen molar-refractivity contribution < 1.29 is 18.3 Å². The minimum absolute atomic E-state index is 0.0906. The van der Waals surface area contributed by atoms with Gasteiger partial charge < -0.3 is 28.9 Å². The molecule has 2 rings (SSSR count). The summed E-state index contributed by atoms with van der Waals surface area (Å²) in [5, 5.41) is 23.6. The summed E-state index contributed by atoms with van der Waals surface area (Å²) in [4.78, 5) is 7.89. The van der Waals surface area contributed by atoms with Crippen molar-refractivity contribution in [2.45, 2.75) is 12.8 Å². The fraction of sp³-hybridized carbons (Fsp3) is 0.429. The first kappa shape index (κ1) is 17.0. The largest absolute Gasteiger partial charge is 0.466 e. The monoisotopic (exact) mass is 332 g/mol. The molecule has 0 aromatic carbocycles. The van der Waals surface area contributed by atoms with Gasteiger partial charge in [0.15, 0.2) is 0 Å². The summed E-state index contributed by atoms with van der Waals surface area (Å²) in [5.74, 6) is 0.181. The lowest BCUT2D eigenvalue weighted by Crippen LogP contribution is -2.06. The molecule has 0 radical (unpaired) electrons. The lowest BCUT2D eigenvalue weighted by atomic mass is 10.3. The number of hydrogen-bond acceptors (Lipinski definition) is 10. The van der Waals surface area contributed by atoms with Crippen molar-refractivity contribution in [2.24, 2.45) is 0 Å². The fourth-order valence-electron chi connectivity index (χ4n) is 1.82. The molecule has 126 valence electrons. The molecule has 10 heteroatoms. The minimum Gasteiger partial charge on any atom is -0.466 e. The highest BCUT2D eigenvalue weighted by Gasteiger charge is 2.13. The number of methoxy groups -OCH3 is 2. The molecule has 0 saturated carbocycles. The molecule has 2 aromatic rings. The Hall–Kier alpha value is -3.40. The van der Waals surface area contributed by atoms with E-state index >= 15 is 0 Å². The van der Waals surface area contributed by atoms with Gasteiger partial charge in [-0.15, -0.1) is 0 Å². The van der Waals surface area contributed by atoms with Crippen LogP contribution in [0, 0.1) is 22.7 Å². The van der Waals surface area contributed by atoms with Gasteiger partial charge in [-0.2, -0.15) is 20.5 Å². The van der Waals surface area contributed by atoms with Gasteiger partial charge in [0.1, 0.15) is 12.1 Å². The minimum atomic E-state index is 0.0906. The zero-order chi connectivity index (χ0) is 17.4. The number of unbranched alkanes of at least 4 members (excludes halogenated alkanes) is 1. The summed E-state index contributed by atoms with van der Waals surface area (Å²) in [6, 6.07) is 4.25. The third kappa shape index (κ3) is 4.08. The van der Waals surface area contributed by atoms with Crippen LogP contribution in [0.5, 0.6) is 11.9 Å². The highest BCUT2D eigenvalue weighted by molar-refractivity contribution is 5.37. The zero-order valence-corrected chi connectivity index (χ0v) is 13.3. The molecular formula is C14H16N6O4. The predicted octanol–water partition coefficient (Wildman–Crippen LogP) is 1.73. The van der Waals surface area contributed by atoms with Crippen molar-refractivity contribution >= 4 is 12.0 Å². The number of hydrogen-bond donors (Lipinski definition) is 2. The summed E-state index contributed by atoms with van der Waals surface area (Å²) in [7, 11) is 2.82. The van der Waals surface area contributed by atoms with Crippen LogP contribution in [-0.4, -0.2) is 37.3 Å². The van der Waals surface area contributed by atoms with Gasteiger partial charge in [0.25, 0.3) is 12.0 Å². The number of nitrogens with one attached hydrogen (secondary N) is 2. The summed E-state index contributed by atoms with van der Waals surface area (Å²) in [5.41, 5.74) is 0.209. The van der Waals surface area contributed by atoms with E-state index in [9.17, 15) is 0 Å². The van der Waals surface area contributed by atoms with Crippen LogP contribution < -0.4 is 20.1 Å². The molecule has 2 N–H and O–H groups in total. The van der Waals surface area contributed by atoms with Gasteiger partial charge >= 0.3 is 11.9 Å². The quantitative estimate of drug-likeness (QED) is 0.651. The smallest absolute Gasteiger partial charge is 0.325 e. The Bertz CT molecular complexity index is 690. The molecule has 0 atom stereocenters. The second-order valence-electron chi connectivity index (χ2n) is 4.50. The Kier molecular flexibility index (Phi) is 5.86. The summed E-state index contributed by atoms with van der Waals surface area (Å²) in [6.07, 6.45) is 1.62. The van der Waals surface area contributed by atoms with E-state index in [1.165, 1.54) is 14.2 Å². The number of rotatable bonds is 9. The van der Waals surface area contributed by atoms with Gasteiger partial charge in [-0.25, -0.2) is 0 Å². The van der Waals surface area contributed by atoms with Gasteiger partial charge in [0.2, 0.25) is 11.4 Å². The van der Waals surface area contributed by atoms with E-state index in [1.807, 2.05) is 12.1 Å². The highest BCUT2D eigenvalue weighted by Crippen LogP contribution is 2.22. The first-order valence-corrected chi connectivity index (χ1v) is 7.09. The number of ether oxygens (including phenoxy) is 2. The lowest BCUT2D eigenvalue weighted by molar-refractivity contribution is 0.307. The van der Waals surface area contributed by atoms with E-state index in [1.54, 1.807) is 0 Å². The van der Waals surface area contributed by atoms with E-state index in [-0.39, 0.29) is 35.3 Å².